The first-order valence-electron chi connectivity index (χ1n) is 8.07. The van der Waals surface area contributed by atoms with E-state index in [2.05, 4.69) is 25.4 Å². The van der Waals surface area contributed by atoms with Crippen LogP contribution in [0.2, 0.25) is 0 Å². The highest BCUT2D eigenvalue weighted by molar-refractivity contribution is 5.92. The predicted octanol–water partition coefficient (Wildman–Crippen LogP) is 2.21. The van der Waals surface area contributed by atoms with Gasteiger partial charge in [-0.15, -0.1) is 0 Å². The molecule has 7 heteroatoms. The molecule has 0 unspecified atom stereocenters. The molecule has 0 aliphatic carbocycles. The van der Waals surface area contributed by atoms with Gasteiger partial charge in [0.15, 0.2) is 5.82 Å². The number of aromatic amines is 2. The van der Waals surface area contributed by atoms with Crippen molar-refractivity contribution in [2.24, 2.45) is 0 Å². The van der Waals surface area contributed by atoms with Crippen LogP contribution in [-0.4, -0.2) is 49.3 Å². The Morgan fingerprint density at radius 1 is 1.17 bits per heavy atom. The van der Waals surface area contributed by atoms with Gasteiger partial charge in [-0.3, -0.25) is 15.0 Å². The van der Waals surface area contributed by atoms with Crippen LogP contribution in [0.25, 0.3) is 11.4 Å². The number of aromatic nitrogens is 5. The maximum absolute atomic E-state index is 12.5. The van der Waals surface area contributed by atoms with Crippen LogP contribution in [0.5, 0.6) is 0 Å². The van der Waals surface area contributed by atoms with Gasteiger partial charge in [0.2, 0.25) is 0 Å². The lowest BCUT2D eigenvalue weighted by atomic mass is 9.97. The summed E-state index contributed by atoms with van der Waals surface area (Å²) in [5.41, 5.74) is 1.51. The molecule has 0 radical (unpaired) electrons. The van der Waals surface area contributed by atoms with E-state index >= 15 is 0 Å². The number of hydrogen-bond acceptors (Lipinski definition) is 4. The fourth-order valence-corrected chi connectivity index (χ4v) is 3.10. The number of piperidine rings is 1. The third-order valence-electron chi connectivity index (χ3n) is 4.36. The van der Waals surface area contributed by atoms with Crippen molar-refractivity contribution in [3.05, 3.63) is 54.1 Å². The number of nitrogens with zero attached hydrogens (tertiary/aromatic N) is 4. The minimum absolute atomic E-state index is 0.0139. The van der Waals surface area contributed by atoms with Crippen LogP contribution in [0.3, 0.4) is 0 Å². The first kappa shape index (κ1) is 14.6. The molecule has 3 aromatic rings. The highest BCUT2D eigenvalue weighted by Gasteiger charge is 2.28. The minimum atomic E-state index is -0.0139. The van der Waals surface area contributed by atoms with Crippen molar-refractivity contribution < 1.29 is 4.79 Å². The standard InChI is InChI=1S/C17H18N6O/c24-17(14-8-9-18-20-14)23-10-4-7-13(11-23)16-19-15(21-22-16)12-5-2-1-3-6-12/h1-3,5-6,8-9,13H,4,7,10-11H2,(H,18,20)(H,19,21,22)/t13-/m0/s1. The van der Waals surface area contributed by atoms with Crippen LogP contribution in [0.4, 0.5) is 0 Å². The monoisotopic (exact) mass is 322 g/mol. The highest BCUT2D eigenvalue weighted by atomic mass is 16.2. The van der Waals surface area contributed by atoms with Crippen molar-refractivity contribution in [2.75, 3.05) is 13.1 Å². The number of nitrogens with one attached hydrogen (secondary N) is 2. The normalized spacial score (nSPS) is 17.8. The molecule has 0 spiro atoms. The molecule has 1 atom stereocenters. The Balaban J connectivity index is 1.50. The number of carbonyl (C=O) groups excluding carboxylic acids is 1. The van der Waals surface area contributed by atoms with E-state index in [-0.39, 0.29) is 11.8 Å². The number of hydrogen-bond donors (Lipinski definition) is 2. The smallest absolute Gasteiger partial charge is 0.271 e. The summed E-state index contributed by atoms with van der Waals surface area (Å²) < 4.78 is 0. The fourth-order valence-electron chi connectivity index (χ4n) is 3.10. The molecule has 1 aromatic carbocycles. The van der Waals surface area contributed by atoms with Gasteiger partial charge in [0.1, 0.15) is 11.5 Å². The number of carbonyl (C=O) groups is 1. The summed E-state index contributed by atoms with van der Waals surface area (Å²) in [7, 11) is 0. The van der Waals surface area contributed by atoms with Gasteiger partial charge in [-0.2, -0.15) is 10.2 Å². The predicted molar refractivity (Wildman–Crippen MR) is 88.3 cm³/mol. The Labute approximate surface area is 139 Å². The zero-order valence-electron chi connectivity index (χ0n) is 13.1. The quantitative estimate of drug-likeness (QED) is 0.773. The van der Waals surface area contributed by atoms with E-state index < -0.39 is 0 Å². The van der Waals surface area contributed by atoms with E-state index in [1.54, 1.807) is 12.3 Å². The van der Waals surface area contributed by atoms with Crippen LogP contribution >= 0.6 is 0 Å². The molecule has 1 saturated heterocycles. The van der Waals surface area contributed by atoms with E-state index in [4.69, 9.17) is 0 Å². The van der Waals surface area contributed by atoms with Gasteiger partial charge < -0.3 is 4.90 Å². The maximum Gasteiger partial charge on any atom is 0.271 e. The summed E-state index contributed by atoms with van der Waals surface area (Å²) in [4.78, 5) is 19.0. The van der Waals surface area contributed by atoms with Gasteiger partial charge in [0.25, 0.3) is 5.91 Å². The SMILES string of the molecule is O=C(c1ccn[nH]1)N1CCC[C@H](c2nc(-c3ccccc3)n[nH]2)C1. The molecule has 1 aliphatic heterocycles. The third kappa shape index (κ3) is 2.80. The van der Waals surface area contributed by atoms with E-state index in [0.717, 1.165) is 30.8 Å². The van der Waals surface area contributed by atoms with Crippen LogP contribution < -0.4 is 0 Å². The minimum Gasteiger partial charge on any atom is -0.337 e. The van der Waals surface area contributed by atoms with Gasteiger partial charge in [0, 0.05) is 30.8 Å². The van der Waals surface area contributed by atoms with Crippen LogP contribution in [0.1, 0.15) is 35.1 Å². The second kappa shape index (κ2) is 6.27. The molecule has 24 heavy (non-hydrogen) atoms. The van der Waals surface area contributed by atoms with Gasteiger partial charge in [-0.05, 0) is 18.9 Å². The molecule has 2 N–H and O–H groups in total. The van der Waals surface area contributed by atoms with Crippen molar-refractivity contribution >= 4 is 5.91 Å². The molecule has 3 heterocycles. The molecule has 0 bridgehead atoms. The Kier molecular flexibility index (Phi) is 3.82. The van der Waals surface area contributed by atoms with E-state index in [1.807, 2.05) is 35.2 Å². The highest BCUT2D eigenvalue weighted by Crippen LogP contribution is 2.26. The lowest BCUT2D eigenvalue weighted by Gasteiger charge is -2.31. The Morgan fingerprint density at radius 3 is 2.83 bits per heavy atom. The van der Waals surface area contributed by atoms with Crippen molar-refractivity contribution in [3.8, 4) is 11.4 Å². The second-order valence-corrected chi connectivity index (χ2v) is 5.97. The zero-order valence-corrected chi connectivity index (χ0v) is 13.1. The van der Waals surface area contributed by atoms with Crippen LogP contribution in [0, 0.1) is 0 Å². The van der Waals surface area contributed by atoms with Crippen molar-refractivity contribution in [2.45, 2.75) is 18.8 Å². The molecule has 1 fully saturated rings. The lowest BCUT2D eigenvalue weighted by Crippen LogP contribution is -2.39. The Bertz CT molecular complexity index is 811. The molecule has 1 aliphatic rings. The Morgan fingerprint density at radius 2 is 2.04 bits per heavy atom. The second-order valence-electron chi connectivity index (χ2n) is 5.97. The number of H-pyrrole nitrogens is 2. The number of rotatable bonds is 3. The third-order valence-corrected chi connectivity index (χ3v) is 4.36. The number of amides is 1. The summed E-state index contributed by atoms with van der Waals surface area (Å²) in [5.74, 6) is 1.70. The molecular formula is C17H18N6O. The summed E-state index contributed by atoms with van der Waals surface area (Å²) in [6, 6.07) is 11.6. The van der Waals surface area contributed by atoms with Gasteiger partial charge in [-0.25, -0.2) is 4.98 Å². The van der Waals surface area contributed by atoms with Crippen molar-refractivity contribution in [1.82, 2.24) is 30.3 Å². The van der Waals surface area contributed by atoms with Crippen LogP contribution in [0.15, 0.2) is 42.6 Å². The molecule has 4 rings (SSSR count). The molecular weight excluding hydrogens is 304 g/mol. The largest absolute Gasteiger partial charge is 0.337 e. The molecule has 1 amide bonds. The molecule has 2 aromatic heterocycles. The maximum atomic E-state index is 12.5. The zero-order chi connectivity index (χ0) is 16.4. The van der Waals surface area contributed by atoms with Crippen molar-refractivity contribution in [1.29, 1.82) is 0 Å². The van der Waals surface area contributed by atoms with Gasteiger partial charge in [-0.1, -0.05) is 30.3 Å². The van der Waals surface area contributed by atoms with Crippen molar-refractivity contribution in [3.63, 3.8) is 0 Å². The Hall–Kier alpha value is -2.96. The van der Waals surface area contributed by atoms with Crippen LogP contribution in [-0.2, 0) is 0 Å². The van der Waals surface area contributed by atoms with E-state index in [9.17, 15) is 4.79 Å². The van der Waals surface area contributed by atoms with Gasteiger partial charge in [0.05, 0.1) is 0 Å². The number of benzene rings is 1. The first-order chi connectivity index (χ1) is 11.8. The number of likely N-dealkylation sites (tertiary alicyclic amines) is 1. The van der Waals surface area contributed by atoms with Gasteiger partial charge >= 0.3 is 0 Å². The molecule has 122 valence electrons. The lowest BCUT2D eigenvalue weighted by molar-refractivity contribution is 0.0698. The van der Waals surface area contributed by atoms with E-state index in [1.165, 1.54) is 0 Å². The summed E-state index contributed by atoms with van der Waals surface area (Å²) in [5, 5.41) is 14.0. The average molecular weight is 322 g/mol. The summed E-state index contributed by atoms with van der Waals surface area (Å²) in [6.07, 6.45) is 3.54. The molecule has 0 saturated carbocycles. The molecule has 7 nitrogen and oxygen atoms in total. The first-order valence-corrected chi connectivity index (χ1v) is 8.07. The summed E-state index contributed by atoms with van der Waals surface area (Å²) >= 11 is 0. The topological polar surface area (TPSA) is 90.6 Å². The van der Waals surface area contributed by atoms with E-state index in [0.29, 0.717) is 18.1 Å². The summed E-state index contributed by atoms with van der Waals surface area (Å²) in [6.45, 7) is 1.40. The average Bonchev–Trinajstić information content (AvgIpc) is 3.34. The fraction of sp³-hybridized carbons (Fsp3) is 0.294.